The highest BCUT2D eigenvalue weighted by Gasteiger charge is 2.13. The third-order valence-electron chi connectivity index (χ3n) is 3.76. The summed E-state index contributed by atoms with van der Waals surface area (Å²) in [7, 11) is 0. The summed E-state index contributed by atoms with van der Waals surface area (Å²) in [4.78, 5) is 0. The van der Waals surface area contributed by atoms with Crippen LogP contribution in [-0.2, 0) is 0 Å². The molecule has 0 aromatic carbocycles. The monoisotopic (exact) mass is 194 g/mol. The second kappa shape index (κ2) is 5.58. The van der Waals surface area contributed by atoms with Gasteiger partial charge in [-0.05, 0) is 37.0 Å². The van der Waals surface area contributed by atoms with E-state index in [-0.39, 0.29) is 0 Å². The predicted molar refractivity (Wildman–Crippen MR) is 64.3 cm³/mol. The maximum absolute atomic E-state index is 2.42. The first kappa shape index (κ1) is 11.8. The van der Waals surface area contributed by atoms with Crippen molar-refractivity contribution in [3.05, 3.63) is 11.6 Å². The second-order valence-corrected chi connectivity index (χ2v) is 5.51. The Kier molecular flexibility index (Phi) is 4.71. The topological polar surface area (TPSA) is 0 Å². The summed E-state index contributed by atoms with van der Waals surface area (Å²) in [6.07, 6.45) is 9.32. The van der Waals surface area contributed by atoms with E-state index in [4.69, 9.17) is 0 Å². The van der Waals surface area contributed by atoms with Gasteiger partial charge < -0.3 is 0 Å². The number of hydrogen-bond donors (Lipinski definition) is 0. The standard InChI is InChI=1S/C14H26/c1-11(2)13(4)9-8-12(3)10-14-6-5-7-14/h6,11-13H,5,7-10H2,1-4H3. The molecule has 0 spiro atoms. The Morgan fingerprint density at radius 2 is 1.79 bits per heavy atom. The SMILES string of the molecule is CC(CCC(C)C(C)C)CC1=CCC1. The van der Waals surface area contributed by atoms with E-state index >= 15 is 0 Å². The van der Waals surface area contributed by atoms with Crippen molar-refractivity contribution in [1.29, 1.82) is 0 Å². The smallest absolute Gasteiger partial charge is 0.0285 e. The van der Waals surface area contributed by atoms with Gasteiger partial charge in [0.1, 0.15) is 0 Å². The summed E-state index contributed by atoms with van der Waals surface area (Å²) in [6.45, 7) is 9.47. The molecule has 0 saturated heterocycles. The van der Waals surface area contributed by atoms with Crippen LogP contribution in [0.25, 0.3) is 0 Å². The zero-order valence-electron chi connectivity index (χ0n) is 10.3. The Bertz CT molecular complexity index is 188. The third-order valence-corrected chi connectivity index (χ3v) is 3.76. The van der Waals surface area contributed by atoms with E-state index < -0.39 is 0 Å². The molecule has 0 bridgehead atoms. The highest BCUT2D eigenvalue weighted by molar-refractivity contribution is 5.12. The van der Waals surface area contributed by atoms with Crippen LogP contribution in [0.3, 0.4) is 0 Å². The van der Waals surface area contributed by atoms with Crippen LogP contribution in [0.15, 0.2) is 11.6 Å². The van der Waals surface area contributed by atoms with E-state index in [2.05, 4.69) is 33.8 Å². The van der Waals surface area contributed by atoms with Gasteiger partial charge in [0.15, 0.2) is 0 Å². The van der Waals surface area contributed by atoms with Gasteiger partial charge in [0.05, 0.1) is 0 Å². The van der Waals surface area contributed by atoms with Gasteiger partial charge in [0, 0.05) is 0 Å². The highest BCUT2D eigenvalue weighted by atomic mass is 14.2. The van der Waals surface area contributed by atoms with Gasteiger partial charge in [-0.15, -0.1) is 0 Å². The summed E-state index contributed by atoms with van der Waals surface area (Å²) in [6, 6.07) is 0. The fraction of sp³-hybridized carbons (Fsp3) is 0.857. The molecule has 0 amide bonds. The van der Waals surface area contributed by atoms with Crippen LogP contribution in [0.2, 0.25) is 0 Å². The van der Waals surface area contributed by atoms with Crippen molar-refractivity contribution < 1.29 is 0 Å². The van der Waals surface area contributed by atoms with Gasteiger partial charge in [-0.25, -0.2) is 0 Å². The molecule has 2 unspecified atom stereocenters. The number of hydrogen-bond acceptors (Lipinski definition) is 0. The van der Waals surface area contributed by atoms with E-state index in [9.17, 15) is 0 Å². The van der Waals surface area contributed by atoms with Crippen LogP contribution in [0, 0.1) is 17.8 Å². The molecular formula is C14H26. The third kappa shape index (κ3) is 3.86. The maximum Gasteiger partial charge on any atom is -0.0285 e. The molecule has 1 aliphatic carbocycles. The molecule has 82 valence electrons. The Morgan fingerprint density at radius 3 is 2.21 bits per heavy atom. The fourth-order valence-corrected chi connectivity index (χ4v) is 1.96. The van der Waals surface area contributed by atoms with Crippen LogP contribution < -0.4 is 0 Å². The molecule has 0 radical (unpaired) electrons. The van der Waals surface area contributed by atoms with Crippen molar-refractivity contribution in [3.8, 4) is 0 Å². The molecule has 0 aromatic heterocycles. The van der Waals surface area contributed by atoms with E-state index in [1.54, 1.807) is 5.57 Å². The zero-order chi connectivity index (χ0) is 10.6. The summed E-state index contributed by atoms with van der Waals surface area (Å²) >= 11 is 0. The van der Waals surface area contributed by atoms with Gasteiger partial charge in [0.25, 0.3) is 0 Å². The second-order valence-electron chi connectivity index (χ2n) is 5.51. The molecule has 0 fully saturated rings. The van der Waals surface area contributed by atoms with Gasteiger partial charge in [-0.1, -0.05) is 52.2 Å². The van der Waals surface area contributed by atoms with Crippen molar-refractivity contribution in [2.24, 2.45) is 17.8 Å². The van der Waals surface area contributed by atoms with Crippen LogP contribution in [0.4, 0.5) is 0 Å². The minimum Gasteiger partial charge on any atom is -0.0850 e. The predicted octanol–water partition coefficient (Wildman–Crippen LogP) is 4.81. The minimum absolute atomic E-state index is 0.852. The maximum atomic E-state index is 2.42. The van der Waals surface area contributed by atoms with E-state index in [1.807, 2.05) is 0 Å². The Hall–Kier alpha value is -0.260. The summed E-state index contributed by atoms with van der Waals surface area (Å²) in [5.41, 5.74) is 1.72. The molecule has 0 aliphatic heterocycles. The first-order valence-corrected chi connectivity index (χ1v) is 6.27. The molecule has 0 saturated carbocycles. The number of allylic oxidation sites excluding steroid dienone is 2. The van der Waals surface area contributed by atoms with Gasteiger partial charge in [-0.2, -0.15) is 0 Å². The van der Waals surface area contributed by atoms with E-state index in [1.165, 1.54) is 32.1 Å². The van der Waals surface area contributed by atoms with Crippen molar-refractivity contribution >= 4 is 0 Å². The largest absolute Gasteiger partial charge is 0.0850 e. The molecule has 0 nitrogen and oxygen atoms in total. The lowest BCUT2D eigenvalue weighted by molar-refractivity contribution is 0.348. The molecule has 2 atom stereocenters. The zero-order valence-corrected chi connectivity index (χ0v) is 10.3. The quantitative estimate of drug-likeness (QED) is 0.532. The number of rotatable bonds is 6. The summed E-state index contributed by atoms with van der Waals surface area (Å²) in [5.74, 6) is 2.65. The lowest BCUT2D eigenvalue weighted by Gasteiger charge is -2.21. The van der Waals surface area contributed by atoms with Gasteiger partial charge in [-0.3, -0.25) is 0 Å². The van der Waals surface area contributed by atoms with Crippen molar-refractivity contribution in [1.82, 2.24) is 0 Å². The molecular weight excluding hydrogens is 168 g/mol. The first-order valence-electron chi connectivity index (χ1n) is 6.27. The Balaban J connectivity index is 2.10. The normalized spacial score (nSPS) is 20.2. The summed E-state index contributed by atoms with van der Waals surface area (Å²) in [5, 5.41) is 0. The lowest BCUT2D eigenvalue weighted by atomic mass is 9.85. The van der Waals surface area contributed by atoms with Crippen molar-refractivity contribution in [2.75, 3.05) is 0 Å². The highest BCUT2D eigenvalue weighted by Crippen LogP contribution is 2.28. The molecule has 0 aromatic rings. The molecule has 0 N–H and O–H groups in total. The van der Waals surface area contributed by atoms with Crippen LogP contribution in [-0.4, -0.2) is 0 Å². The lowest BCUT2D eigenvalue weighted by Crippen LogP contribution is -2.08. The first-order chi connectivity index (χ1) is 6.59. The molecule has 1 rings (SSSR count). The van der Waals surface area contributed by atoms with E-state index in [0.29, 0.717) is 0 Å². The average molecular weight is 194 g/mol. The molecule has 0 heteroatoms. The van der Waals surface area contributed by atoms with Crippen LogP contribution in [0.5, 0.6) is 0 Å². The van der Waals surface area contributed by atoms with Gasteiger partial charge in [0.2, 0.25) is 0 Å². The van der Waals surface area contributed by atoms with Crippen molar-refractivity contribution in [2.45, 2.75) is 59.8 Å². The molecule has 14 heavy (non-hydrogen) atoms. The van der Waals surface area contributed by atoms with Crippen molar-refractivity contribution in [3.63, 3.8) is 0 Å². The summed E-state index contributed by atoms with van der Waals surface area (Å²) < 4.78 is 0. The Morgan fingerprint density at radius 1 is 1.14 bits per heavy atom. The van der Waals surface area contributed by atoms with Crippen LogP contribution in [0.1, 0.15) is 59.8 Å². The van der Waals surface area contributed by atoms with E-state index in [0.717, 1.165) is 17.8 Å². The minimum atomic E-state index is 0.852. The Labute approximate surface area is 89.8 Å². The fourth-order valence-electron chi connectivity index (χ4n) is 1.96. The molecule has 1 aliphatic rings. The average Bonchev–Trinajstić information content (AvgIpc) is 2.07. The van der Waals surface area contributed by atoms with Crippen LogP contribution >= 0.6 is 0 Å². The van der Waals surface area contributed by atoms with Gasteiger partial charge >= 0.3 is 0 Å². The molecule has 0 heterocycles.